The minimum absolute atomic E-state index is 0.164. The largest absolute Gasteiger partial charge is 0.502 e. The van der Waals surface area contributed by atoms with Crippen LogP contribution in [0.1, 0.15) is 0 Å². The highest BCUT2D eigenvalue weighted by Gasteiger charge is 2.36. The predicted octanol–water partition coefficient (Wildman–Crippen LogP) is 0.700. The Bertz CT molecular complexity index is 420. The fourth-order valence-electron chi connectivity index (χ4n) is 1.50. The second-order valence-corrected chi connectivity index (χ2v) is 3.20. The number of ether oxygens (including phenoxy) is 1. The molecule has 0 saturated heterocycles. The van der Waals surface area contributed by atoms with E-state index in [2.05, 4.69) is 0 Å². The summed E-state index contributed by atoms with van der Waals surface area (Å²) < 4.78 is 5.01. The van der Waals surface area contributed by atoms with Gasteiger partial charge >= 0.3 is 0 Å². The van der Waals surface area contributed by atoms with Crippen molar-refractivity contribution in [1.82, 2.24) is 0 Å². The molecule has 0 aromatic heterocycles. The SMILES string of the molecule is O=C1C(O)=COC2C=CC([N+](=O)[O-])=CC12. The Hall–Kier alpha value is -2.11. The number of nitrogens with zero attached hydrogens (tertiary/aromatic N) is 1. The van der Waals surface area contributed by atoms with Crippen LogP contribution in [0.3, 0.4) is 0 Å². The summed E-state index contributed by atoms with van der Waals surface area (Å²) in [6.45, 7) is 0. The monoisotopic (exact) mass is 209 g/mol. The van der Waals surface area contributed by atoms with Gasteiger partial charge < -0.3 is 9.84 Å². The minimum Gasteiger partial charge on any atom is -0.502 e. The highest BCUT2D eigenvalue weighted by Crippen LogP contribution is 2.26. The average Bonchev–Trinajstić information content (AvgIpc) is 2.23. The van der Waals surface area contributed by atoms with Crippen LogP contribution in [0.2, 0.25) is 0 Å². The van der Waals surface area contributed by atoms with Gasteiger partial charge in [-0.2, -0.15) is 0 Å². The third kappa shape index (κ3) is 1.50. The Kier molecular flexibility index (Phi) is 2.03. The zero-order valence-corrected chi connectivity index (χ0v) is 7.49. The molecular formula is C9H7NO5. The first kappa shape index (κ1) is 9.45. The number of nitro groups is 1. The van der Waals surface area contributed by atoms with E-state index in [1.165, 1.54) is 18.2 Å². The Morgan fingerprint density at radius 3 is 2.93 bits per heavy atom. The molecule has 2 aliphatic rings. The number of ketones is 1. The molecule has 0 aromatic carbocycles. The molecule has 0 radical (unpaired) electrons. The minimum atomic E-state index is -0.805. The number of fused-ring (bicyclic) bond motifs is 1. The summed E-state index contributed by atoms with van der Waals surface area (Å²) >= 11 is 0. The van der Waals surface area contributed by atoms with Crippen molar-refractivity contribution in [1.29, 1.82) is 0 Å². The maximum atomic E-state index is 11.4. The van der Waals surface area contributed by atoms with Crippen molar-refractivity contribution >= 4 is 5.78 Å². The van der Waals surface area contributed by atoms with Crippen LogP contribution in [0.25, 0.3) is 0 Å². The second-order valence-electron chi connectivity index (χ2n) is 3.20. The molecule has 6 heteroatoms. The molecule has 0 saturated carbocycles. The van der Waals surface area contributed by atoms with E-state index in [9.17, 15) is 14.9 Å². The highest BCUT2D eigenvalue weighted by atomic mass is 16.6. The lowest BCUT2D eigenvalue weighted by molar-refractivity contribution is -0.419. The molecule has 0 aromatic rings. The van der Waals surface area contributed by atoms with Gasteiger partial charge in [0.25, 0.3) is 5.70 Å². The molecule has 1 N–H and O–H groups in total. The Balaban J connectivity index is 2.34. The van der Waals surface area contributed by atoms with Crippen LogP contribution in [0.4, 0.5) is 0 Å². The van der Waals surface area contributed by atoms with Crippen molar-refractivity contribution in [3.8, 4) is 0 Å². The van der Waals surface area contributed by atoms with E-state index >= 15 is 0 Å². The van der Waals surface area contributed by atoms with Crippen LogP contribution in [-0.2, 0) is 9.53 Å². The van der Waals surface area contributed by atoms with Crippen molar-refractivity contribution < 1.29 is 19.6 Å². The van der Waals surface area contributed by atoms with Gasteiger partial charge in [0, 0.05) is 12.2 Å². The number of carbonyl (C=O) groups excluding carboxylic acids is 1. The number of allylic oxidation sites excluding steroid dienone is 2. The number of rotatable bonds is 1. The molecule has 1 aliphatic carbocycles. The summed E-state index contributed by atoms with van der Waals surface area (Å²) in [5.41, 5.74) is -0.164. The lowest BCUT2D eigenvalue weighted by Crippen LogP contribution is -2.34. The van der Waals surface area contributed by atoms with Gasteiger partial charge in [-0.25, -0.2) is 0 Å². The lowest BCUT2D eigenvalue weighted by Gasteiger charge is -2.25. The molecule has 1 heterocycles. The first-order chi connectivity index (χ1) is 7.09. The van der Waals surface area contributed by atoms with E-state index in [1.54, 1.807) is 0 Å². The summed E-state index contributed by atoms with van der Waals surface area (Å²) in [6.07, 6.45) is 4.31. The number of hydrogen-bond donors (Lipinski definition) is 1. The number of Topliss-reactive ketones (excluding diaryl/α,β-unsaturated/α-hetero) is 1. The molecule has 0 spiro atoms. The van der Waals surface area contributed by atoms with E-state index in [1.807, 2.05) is 0 Å². The maximum Gasteiger partial charge on any atom is 0.266 e. The van der Waals surface area contributed by atoms with Crippen LogP contribution in [-0.4, -0.2) is 21.9 Å². The van der Waals surface area contributed by atoms with E-state index in [0.29, 0.717) is 0 Å². The number of aliphatic hydroxyl groups excluding tert-OH is 1. The molecular weight excluding hydrogens is 202 g/mol. The Morgan fingerprint density at radius 2 is 2.27 bits per heavy atom. The molecule has 1 aliphatic heterocycles. The van der Waals surface area contributed by atoms with Crippen LogP contribution in [0.5, 0.6) is 0 Å². The first-order valence-electron chi connectivity index (χ1n) is 4.23. The summed E-state index contributed by atoms with van der Waals surface area (Å²) in [7, 11) is 0. The van der Waals surface area contributed by atoms with Crippen molar-refractivity contribution in [2.24, 2.45) is 5.92 Å². The van der Waals surface area contributed by atoms with Gasteiger partial charge in [-0.1, -0.05) is 0 Å². The fraction of sp³-hybridized carbons (Fsp3) is 0.222. The van der Waals surface area contributed by atoms with Crippen LogP contribution in [0, 0.1) is 16.0 Å². The van der Waals surface area contributed by atoms with Crippen LogP contribution < -0.4 is 0 Å². The summed E-state index contributed by atoms with van der Waals surface area (Å²) in [6, 6.07) is 0. The van der Waals surface area contributed by atoms with Crippen molar-refractivity contribution in [3.63, 3.8) is 0 Å². The summed E-state index contributed by atoms with van der Waals surface area (Å²) in [5.74, 6) is -1.87. The molecule has 6 nitrogen and oxygen atoms in total. The molecule has 2 atom stereocenters. The summed E-state index contributed by atoms with van der Waals surface area (Å²) in [4.78, 5) is 21.3. The average molecular weight is 209 g/mol. The standard InChI is InChI=1S/C9H7NO5/c11-7-4-15-8-2-1-5(10(13)14)3-6(8)9(7)12/h1-4,6,8,11H. The lowest BCUT2D eigenvalue weighted by atomic mass is 9.90. The Morgan fingerprint density at radius 1 is 1.53 bits per heavy atom. The predicted molar refractivity (Wildman–Crippen MR) is 48.3 cm³/mol. The summed E-state index contributed by atoms with van der Waals surface area (Å²) in [5, 5.41) is 19.6. The highest BCUT2D eigenvalue weighted by molar-refractivity contribution is 5.97. The molecule has 15 heavy (non-hydrogen) atoms. The molecule has 2 rings (SSSR count). The van der Waals surface area contributed by atoms with E-state index in [4.69, 9.17) is 9.84 Å². The number of carbonyl (C=O) groups is 1. The zero-order valence-electron chi connectivity index (χ0n) is 7.49. The van der Waals surface area contributed by atoms with E-state index in [0.717, 1.165) is 6.26 Å². The normalized spacial score (nSPS) is 28.7. The van der Waals surface area contributed by atoms with Gasteiger partial charge in [-0.3, -0.25) is 14.9 Å². The zero-order chi connectivity index (χ0) is 11.0. The van der Waals surface area contributed by atoms with Crippen LogP contribution >= 0.6 is 0 Å². The number of aliphatic hydroxyl groups is 1. The van der Waals surface area contributed by atoms with Gasteiger partial charge in [0.1, 0.15) is 12.4 Å². The molecule has 0 bridgehead atoms. The van der Waals surface area contributed by atoms with Gasteiger partial charge in [-0.05, 0) is 6.08 Å². The fourth-order valence-corrected chi connectivity index (χ4v) is 1.50. The second kappa shape index (κ2) is 3.23. The van der Waals surface area contributed by atoms with Gasteiger partial charge in [0.15, 0.2) is 5.76 Å². The van der Waals surface area contributed by atoms with Gasteiger partial charge in [-0.15, -0.1) is 0 Å². The first-order valence-corrected chi connectivity index (χ1v) is 4.23. The third-order valence-corrected chi connectivity index (χ3v) is 2.26. The van der Waals surface area contributed by atoms with Crippen molar-refractivity contribution in [2.75, 3.05) is 0 Å². The smallest absolute Gasteiger partial charge is 0.266 e. The van der Waals surface area contributed by atoms with Gasteiger partial charge in [0.05, 0.1) is 10.8 Å². The van der Waals surface area contributed by atoms with Crippen molar-refractivity contribution in [3.05, 3.63) is 46.1 Å². The van der Waals surface area contributed by atoms with Crippen LogP contribution in [0.15, 0.2) is 35.9 Å². The topological polar surface area (TPSA) is 89.7 Å². The van der Waals surface area contributed by atoms with Gasteiger partial charge in [0.2, 0.25) is 5.78 Å². The number of hydrogen-bond acceptors (Lipinski definition) is 5. The van der Waals surface area contributed by atoms with E-state index < -0.39 is 28.5 Å². The van der Waals surface area contributed by atoms with E-state index in [-0.39, 0.29) is 5.70 Å². The molecule has 78 valence electrons. The molecule has 2 unspecified atom stereocenters. The van der Waals surface area contributed by atoms with Crippen molar-refractivity contribution in [2.45, 2.75) is 6.10 Å². The molecule has 0 fully saturated rings. The molecule has 0 amide bonds. The Labute approximate surface area is 84.3 Å². The third-order valence-electron chi connectivity index (χ3n) is 2.26. The maximum absolute atomic E-state index is 11.4. The quantitative estimate of drug-likeness (QED) is 0.507.